The van der Waals surface area contributed by atoms with Crippen LogP contribution in [0.4, 0.5) is 10.1 Å². The van der Waals surface area contributed by atoms with Crippen LogP contribution in [0.5, 0.6) is 0 Å². The van der Waals surface area contributed by atoms with Gasteiger partial charge in [-0.15, -0.1) is 0 Å². The maximum absolute atomic E-state index is 12.9. The highest BCUT2D eigenvalue weighted by atomic mass is 19.1. The van der Waals surface area contributed by atoms with E-state index in [1.54, 1.807) is 6.92 Å². The molecule has 0 aromatic heterocycles. The van der Waals surface area contributed by atoms with Crippen LogP contribution < -0.4 is 5.73 Å². The van der Waals surface area contributed by atoms with Crippen molar-refractivity contribution in [1.82, 2.24) is 4.90 Å². The van der Waals surface area contributed by atoms with Gasteiger partial charge in [-0.05, 0) is 25.1 Å². The maximum atomic E-state index is 12.9. The Kier molecular flexibility index (Phi) is 4.65. The van der Waals surface area contributed by atoms with Gasteiger partial charge in [-0.25, -0.2) is 4.39 Å². The van der Waals surface area contributed by atoms with Crippen LogP contribution in [0.3, 0.4) is 0 Å². The molecule has 0 aliphatic carbocycles. The summed E-state index contributed by atoms with van der Waals surface area (Å²) in [5, 5.41) is 0. The summed E-state index contributed by atoms with van der Waals surface area (Å²) in [5.74, 6) is -1.50. The first-order valence-corrected chi connectivity index (χ1v) is 5.41. The van der Waals surface area contributed by atoms with E-state index >= 15 is 0 Å². The van der Waals surface area contributed by atoms with Crippen LogP contribution in [0.25, 0.3) is 0 Å². The van der Waals surface area contributed by atoms with E-state index in [1.165, 1.54) is 24.1 Å². The molecule has 98 valence electrons. The summed E-state index contributed by atoms with van der Waals surface area (Å²) in [4.78, 5) is 24.3. The molecular weight excluding hydrogens is 239 g/mol. The molecule has 0 radical (unpaired) electrons. The Morgan fingerprint density at radius 1 is 1.44 bits per heavy atom. The van der Waals surface area contributed by atoms with Crippen molar-refractivity contribution < 1.29 is 18.7 Å². The monoisotopic (exact) mass is 254 g/mol. The molecule has 1 amide bonds. The number of nitrogen functional groups attached to an aromatic ring is 1. The van der Waals surface area contributed by atoms with Gasteiger partial charge >= 0.3 is 5.97 Å². The van der Waals surface area contributed by atoms with Crippen LogP contribution in [0.2, 0.25) is 0 Å². The van der Waals surface area contributed by atoms with Crippen LogP contribution in [-0.4, -0.2) is 37.0 Å². The molecule has 0 fully saturated rings. The Hall–Kier alpha value is -2.11. The van der Waals surface area contributed by atoms with E-state index in [9.17, 15) is 14.0 Å². The lowest BCUT2D eigenvalue weighted by atomic mass is 10.1. The minimum Gasteiger partial charge on any atom is -0.465 e. The third kappa shape index (κ3) is 3.44. The second kappa shape index (κ2) is 6.00. The van der Waals surface area contributed by atoms with Gasteiger partial charge in [0.25, 0.3) is 5.91 Å². The van der Waals surface area contributed by atoms with E-state index in [0.29, 0.717) is 0 Å². The SMILES string of the molecule is CCOC(=O)CN(C)C(=O)c1ccc(F)c(N)c1. The number of anilines is 1. The highest BCUT2D eigenvalue weighted by Gasteiger charge is 2.16. The average Bonchev–Trinajstić information content (AvgIpc) is 2.32. The predicted molar refractivity (Wildman–Crippen MR) is 64.4 cm³/mol. The number of hydrogen-bond acceptors (Lipinski definition) is 4. The number of carbonyl (C=O) groups excluding carboxylic acids is 2. The molecule has 0 saturated carbocycles. The lowest BCUT2D eigenvalue weighted by molar-refractivity contribution is -0.143. The normalized spacial score (nSPS) is 9.94. The number of likely N-dealkylation sites (N-methyl/N-ethyl adjacent to an activating group) is 1. The molecule has 0 unspecified atom stereocenters. The highest BCUT2D eigenvalue weighted by Crippen LogP contribution is 2.13. The van der Waals surface area contributed by atoms with Crippen LogP contribution >= 0.6 is 0 Å². The van der Waals surface area contributed by atoms with Gasteiger partial charge < -0.3 is 15.4 Å². The molecule has 18 heavy (non-hydrogen) atoms. The van der Waals surface area contributed by atoms with Gasteiger partial charge in [-0.2, -0.15) is 0 Å². The van der Waals surface area contributed by atoms with Crippen molar-refractivity contribution >= 4 is 17.6 Å². The smallest absolute Gasteiger partial charge is 0.325 e. The van der Waals surface area contributed by atoms with E-state index in [4.69, 9.17) is 10.5 Å². The first-order chi connectivity index (χ1) is 8.45. The zero-order valence-electron chi connectivity index (χ0n) is 10.3. The fourth-order valence-electron chi connectivity index (χ4n) is 1.37. The fraction of sp³-hybridized carbons (Fsp3) is 0.333. The number of esters is 1. The van der Waals surface area contributed by atoms with Crippen LogP contribution in [0, 0.1) is 5.82 Å². The summed E-state index contributed by atoms with van der Waals surface area (Å²) in [5.41, 5.74) is 5.49. The molecule has 1 aromatic rings. The molecule has 0 saturated heterocycles. The van der Waals surface area contributed by atoms with Gasteiger partial charge in [-0.1, -0.05) is 0 Å². The minimum atomic E-state index is -0.584. The van der Waals surface area contributed by atoms with E-state index in [0.717, 1.165) is 6.07 Å². The van der Waals surface area contributed by atoms with Crippen molar-refractivity contribution in [2.45, 2.75) is 6.92 Å². The number of amides is 1. The molecule has 0 aliphatic rings. The van der Waals surface area contributed by atoms with Gasteiger partial charge in [-0.3, -0.25) is 9.59 Å². The molecular formula is C12H15FN2O3. The number of ether oxygens (including phenoxy) is 1. The van der Waals surface area contributed by atoms with Crippen molar-refractivity contribution in [3.8, 4) is 0 Å². The van der Waals surface area contributed by atoms with E-state index in [2.05, 4.69) is 0 Å². The average molecular weight is 254 g/mol. The van der Waals surface area contributed by atoms with Crippen molar-refractivity contribution in [3.05, 3.63) is 29.6 Å². The molecule has 0 heterocycles. The zero-order chi connectivity index (χ0) is 13.7. The van der Waals surface area contributed by atoms with Gasteiger partial charge in [0.05, 0.1) is 12.3 Å². The Labute approximate surface area is 104 Å². The van der Waals surface area contributed by atoms with Gasteiger partial charge in [0.15, 0.2) is 0 Å². The standard InChI is InChI=1S/C12H15FN2O3/c1-3-18-11(16)7-15(2)12(17)8-4-5-9(13)10(14)6-8/h4-6H,3,7,14H2,1-2H3. The predicted octanol–water partition coefficient (Wildman–Crippen LogP) is 1.04. The number of nitrogens with zero attached hydrogens (tertiary/aromatic N) is 1. The Balaban J connectivity index is 2.74. The molecule has 0 aliphatic heterocycles. The summed E-state index contributed by atoms with van der Waals surface area (Å²) in [6, 6.07) is 3.66. The van der Waals surface area contributed by atoms with E-state index in [1.807, 2.05) is 0 Å². The third-order valence-corrected chi connectivity index (χ3v) is 2.26. The quantitative estimate of drug-likeness (QED) is 0.643. The Bertz CT molecular complexity index is 463. The third-order valence-electron chi connectivity index (χ3n) is 2.26. The Morgan fingerprint density at radius 3 is 2.67 bits per heavy atom. The number of nitrogens with two attached hydrogens (primary N) is 1. The summed E-state index contributed by atoms with van der Waals surface area (Å²) < 4.78 is 17.7. The molecule has 0 atom stereocenters. The number of halogens is 1. The van der Waals surface area contributed by atoms with Gasteiger partial charge in [0, 0.05) is 12.6 Å². The van der Waals surface area contributed by atoms with Crippen molar-refractivity contribution in [2.24, 2.45) is 0 Å². The summed E-state index contributed by atoms with van der Waals surface area (Å²) in [7, 11) is 1.46. The van der Waals surface area contributed by atoms with Crippen molar-refractivity contribution in [1.29, 1.82) is 0 Å². The molecule has 5 nitrogen and oxygen atoms in total. The molecule has 1 aromatic carbocycles. The first kappa shape index (κ1) is 14.0. The first-order valence-electron chi connectivity index (χ1n) is 5.41. The number of carbonyl (C=O) groups is 2. The Morgan fingerprint density at radius 2 is 2.11 bits per heavy atom. The number of rotatable bonds is 4. The van der Waals surface area contributed by atoms with Crippen molar-refractivity contribution in [2.75, 3.05) is 25.9 Å². The largest absolute Gasteiger partial charge is 0.465 e. The number of benzene rings is 1. The second-order valence-corrected chi connectivity index (χ2v) is 3.70. The van der Waals surface area contributed by atoms with Crippen LogP contribution in [0.1, 0.15) is 17.3 Å². The molecule has 1 rings (SSSR count). The van der Waals surface area contributed by atoms with Gasteiger partial charge in [0.2, 0.25) is 0 Å². The lowest BCUT2D eigenvalue weighted by Crippen LogP contribution is -2.33. The molecule has 0 bridgehead atoms. The number of hydrogen-bond donors (Lipinski definition) is 1. The minimum absolute atomic E-state index is 0.106. The molecule has 0 spiro atoms. The summed E-state index contributed by atoms with van der Waals surface area (Å²) >= 11 is 0. The van der Waals surface area contributed by atoms with E-state index in [-0.39, 0.29) is 24.4 Å². The maximum Gasteiger partial charge on any atom is 0.325 e. The topological polar surface area (TPSA) is 72.6 Å². The summed E-state index contributed by atoms with van der Waals surface area (Å²) in [6.45, 7) is 1.77. The van der Waals surface area contributed by atoms with Crippen molar-refractivity contribution in [3.63, 3.8) is 0 Å². The fourth-order valence-corrected chi connectivity index (χ4v) is 1.37. The zero-order valence-corrected chi connectivity index (χ0v) is 10.3. The highest BCUT2D eigenvalue weighted by molar-refractivity contribution is 5.96. The molecule has 6 heteroatoms. The van der Waals surface area contributed by atoms with Gasteiger partial charge in [0.1, 0.15) is 12.4 Å². The second-order valence-electron chi connectivity index (χ2n) is 3.70. The molecule has 2 N–H and O–H groups in total. The summed E-state index contributed by atoms with van der Waals surface area (Å²) in [6.07, 6.45) is 0. The van der Waals surface area contributed by atoms with Crippen LogP contribution in [0.15, 0.2) is 18.2 Å². The lowest BCUT2D eigenvalue weighted by Gasteiger charge is -2.16. The van der Waals surface area contributed by atoms with E-state index < -0.39 is 17.7 Å². The van der Waals surface area contributed by atoms with Crippen LogP contribution in [-0.2, 0) is 9.53 Å².